The summed E-state index contributed by atoms with van der Waals surface area (Å²) < 4.78 is 5.50. The van der Waals surface area contributed by atoms with Crippen molar-refractivity contribution in [2.45, 2.75) is 45.4 Å². The first-order chi connectivity index (χ1) is 8.24. The number of aromatic carboxylic acids is 1. The van der Waals surface area contributed by atoms with Gasteiger partial charge in [-0.2, -0.15) is 0 Å². The number of carboxylic acids is 1. The van der Waals surface area contributed by atoms with E-state index in [-0.39, 0.29) is 0 Å². The van der Waals surface area contributed by atoms with Crippen LogP contribution in [0.5, 0.6) is 5.06 Å². The third kappa shape index (κ3) is 5.73. The van der Waals surface area contributed by atoms with Gasteiger partial charge in [-0.25, -0.2) is 4.79 Å². The van der Waals surface area contributed by atoms with Crippen molar-refractivity contribution in [1.82, 2.24) is 0 Å². The lowest BCUT2D eigenvalue weighted by Gasteiger charge is -2.02. The molecule has 3 nitrogen and oxygen atoms in total. The van der Waals surface area contributed by atoms with Gasteiger partial charge in [-0.1, -0.05) is 50.4 Å². The number of thiophene rings is 1. The largest absolute Gasteiger partial charge is 0.484 e. The molecule has 1 N–H and O–H groups in total. The Balaban J connectivity index is 2.07. The predicted molar refractivity (Wildman–Crippen MR) is 70.1 cm³/mol. The van der Waals surface area contributed by atoms with E-state index in [2.05, 4.69) is 6.92 Å². The molecule has 0 atom stereocenters. The van der Waals surface area contributed by atoms with E-state index in [1.165, 1.54) is 43.4 Å². The zero-order valence-corrected chi connectivity index (χ0v) is 11.1. The van der Waals surface area contributed by atoms with Gasteiger partial charge in [0.2, 0.25) is 0 Å². The van der Waals surface area contributed by atoms with E-state index in [9.17, 15) is 4.79 Å². The lowest BCUT2D eigenvalue weighted by molar-refractivity contribution is 0.0702. The summed E-state index contributed by atoms with van der Waals surface area (Å²) in [7, 11) is 0. The molecule has 0 fully saturated rings. The molecule has 0 amide bonds. The van der Waals surface area contributed by atoms with Crippen molar-refractivity contribution in [1.29, 1.82) is 0 Å². The van der Waals surface area contributed by atoms with Gasteiger partial charge in [0.05, 0.1) is 6.61 Å². The minimum atomic E-state index is -0.885. The summed E-state index contributed by atoms with van der Waals surface area (Å²) in [6, 6.07) is 3.31. The molecule has 96 valence electrons. The highest BCUT2D eigenvalue weighted by molar-refractivity contribution is 7.15. The lowest BCUT2D eigenvalue weighted by atomic mass is 10.1. The standard InChI is InChI=1S/C13H20O3S/c1-2-3-4-5-6-7-10-16-12-9-8-11(17-12)13(14)15/h8-9H,2-7,10H2,1H3,(H,14,15). The first kappa shape index (κ1) is 14.0. The number of rotatable bonds is 9. The molecule has 0 unspecified atom stereocenters. The summed E-state index contributed by atoms with van der Waals surface area (Å²) >= 11 is 1.19. The third-order valence-electron chi connectivity index (χ3n) is 2.53. The van der Waals surface area contributed by atoms with Crippen molar-refractivity contribution in [2.24, 2.45) is 0 Å². The molecule has 0 spiro atoms. The number of unbranched alkanes of at least 4 members (excludes halogenated alkanes) is 5. The molecular weight excluding hydrogens is 236 g/mol. The molecule has 1 heterocycles. The van der Waals surface area contributed by atoms with Gasteiger partial charge in [-0.15, -0.1) is 0 Å². The average molecular weight is 256 g/mol. The van der Waals surface area contributed by atoms with Crippen molar-refractivity contribution in [2.75, 3.05) is 6.61 Å². The van der Waals surface area contributed by atoms with Crippen LogP contribution in [0.1, 0.15) is 55.1 Å². The van der Waals surface area contributed by atoms with E-state index in [1.807, 2.05) is 0 Å². The van der Waals surface area contributed by atoms with Gasteiger partial charge in [-0.3, -0.25) is 0 Å². The van der Waals surface area contributed by atoms with Crippen LogP contribution >= 0.6 is 11.3 Å². The molecule has 0 aliphatic heterocycles. The van der Waals surface area contributed by atoms with E-state index in [0.29, 0.717) is 16.5 Å². The van der Waals surface area contributed by atoms with Crippen molar-refractivity contribution in [3.63, 3.8) is 0 Å². The van der Waals surface area contributed by atoms with Gasteiger partial charge in [0.25, 0.3) is 0 Å². The summed E-state index contributed by atoms with van der Waals surface area (Å²) in [5.41, 5.74) is 0. The van der Waals surface area contributed by atoms with Crippen LogP contribution in [0.2, 0.25) is 0 Å². The SMILES string of the molecule is CCCCCCCCOc1ccc(C(=O)O)s1. The lowest BCUT2D eigenvalue weighted by Crippen LogP contribution is -1.95. The van der Waals surface area contributed by atoms with Crippen LogP contribution in [-0.2, 0) is 0 Å². The highest BCUT2D eigenvalue weighted by Gasteiger charge is 2.06. The Morgan fingerprint density at radius 1 is 1.24 bits per heavy atom. The highest BCUT2D eigenvalue weighted by atomic mass is 32.1. The van der Waals surface area contributed by atoms with Crippen LogP contribution in [0, 0.1) is 0 Å². The Kier molecular flexibility index (Phi) is 6.70. The van der Waals surface area contributed by atoms with Crippen LogP contribution in [0.4, 0.5) is 0 Å². The normalized spacial score (nSPS) is 10.4. The number of hydrogen-bond acceptors (Lipinski definition) is 3. The predicted octanol–water partition coefficient (Wildman–Crippen LogP) is 4.19. The van der Waals surface area contributed by atoms with Gasteiger partial charge < -0.3 is 9.84 Å². The quantitative estimate of drug-likeness (QED) is 0.674. The first-order valence-corrected chi connectivity index (χ1v) is 7.01. The molecule has 0 aliphatic carbocycles. The molecule has 0 saturated carbocycles. The zero-order valence-electron chi connectivity index (χ0n) is 10.3. The summed E-state index contributed by atoms with van der Waals surface area (Å²) in [6.07, 6.45) is 7.39. The van der Waals surface area contributed by atoms with Crippen molar-refractivity contribution >= 4 is 17.3 Å². The Labute approximate surface area is 106 Å². The zero-order chi connectivity index (χ0) is 12.5. The monoisotopic (exact) mass is 256 g/mol. The molecule has 1 rings (SSSR count). The smallest absolute Gasteiger partial charge is 0.345 e. The van der Waals surface area contributed by atoms with Crippen LogP contribution in [0.3, 0.4) is 0 Å². The maximum Gasteiger partial charge on any atom is 0.345 e. The van der Waals surface area contributed by atoms with Crippen LogP contribution < -0.4 is 4.74 Å². The molecule has 17 heavy (non-hydrogen) atoms. The van der Waals surface area contributed by atoms with E-state index in [0.717, 1.165) is 6.42 Å². The van der Waals surface area contributed by atoms with Gasteiger partial charge >= 0.3 is 5.97 Å². The maximum atomic E-state index is 10.6. The summed E-state index contributed by atoms with van der Waals surface area (Å²) in [5.74, 6) is -0.885. The second kappa shape index (κ2) is 8.12. The maximum absolute atomic E-state index is 10.6. The molecule has 1 aromatic heterocycles. The van der Waals surface area contributed by atoms with E-state index in [1.54, 1.807) is 12.1 Å². The Morgan fingerprint density at radius 2 is 1.94 bits per heavy atom. The molecule has 4 heteroatoms. The molecular formula is C13H20O3S. The highest BCUT2D eigenvalue weighted by Crippen LogP contribution is 2.24. The second-order valence-corrected chi connectivity index (χ2v) is 5.09. The topological polar surface area (TPSA) is 46.5 Å². The number of carboxylic acid groups (broad SMARTS) is 1. The summed E-state index contributed by atoms with van der Waals surface area (Å²) in [5, 5.41) is 9.45. The first-order valence-electron chi connectivity index (χ1n) is 6.20. The third-order valence-corrected chi connectivity index (χ3v) is 3.52. The molecule has 1 aromatic rings. The van der Waals surface area contributed by atoms with Crippen molar-refractivity contribution in [3.05, 3.63) is 17.0 Å². The van der Waals surface area contributed by atoms with Crippen LogP contribution in [0.25, 0.3) is 0 Å². The number of hydrogen-bond donors (Lipinski definition) is 1. The molecule has 0 bridgehead atoms. The van der Waals surface area contributed by atoms with Gasteiger partial charge in [0.1, 0.15) is 4.88 Å². The number of ether oxygens (including phenoxy) is 1. The second-order valence-electron chi connectivity index (χ2n) is 4.04. The fourth-order valence-electron chi connectivity index (χ4n) is 1.57. The Morgan fingerprint density at radius 3 is 2.59 bits per heavy atom. The van der Waals surface area contributed by atoms with Crippen LogP contribution in [-0.4, -0.2) is 17.7 Å². The number of carbonyl (C=O) groups is 1. The van der Waals surface area contributed by atoms with Gasteiger partial charge in [-0.05, 0) is 18.6 Å². The summed E-state index contributed by atoms with van der Waals surface area (Å²) in [6.45, 7) is 2.89. The molecule has 0 saturated heterocycles. The van der Waals surface area contributed by atoms with Crippen molar-refractivity contribution in [3.8, 4) is 5.06 Å². The molecule has 0 radical (unpaired) electrons. The van der Waals surface area contributed by atoms with E-state index >= 15 is 0 Å². The minimum absolute atomic E-state index is 0.336. The van der Waals surface area contributed by atoms with Crippen LogP contribution in [0.15, 0.2) is 12.1 Å². The van der Waals surface area contributed by atoms with Crippen molar-refractivity contribution < 1.29 is 14.6 Å². The molecule has 0 aromatic carbocycles. The van der Waals surface area contributed by atoms with E-state index < -0.39 is 5.97 Å². The fourth-order valence-corrected chi connectivity index (χ4v) is 2.29. The fraction of sp³-hybridized carbons (Fsp3) is 0.615. The molecule has 0 aliphatic rings. The Hall–Kier alpha value is -1.03. The van der Waals surface area contributed by atoms with Gasteiger partial charge in [0, 0.05) is 0 Å². The summed E-state index contributed by atoms with van der Waals surface area (Å²) in [4.78, 5) is 11.0. The minimum Gasteiger partial charge on any atom is -0.484 e. The van der Waals surface area contributed by atoms with E-state index in [4.69, 9.17) is 9.84 Å². The Bertz CT molecular complexity index is 333. The van der Waals surface area contributed by atoms with Gasteiger partial charge in [0.15, 0.2) is 5.06 Å². The average Bonchev–Trinajstić information content (AvgIpc) is 2.77.